The van der Waals surface area contributed by atoms with Crippen LogP contribution in [0.5, 0.6) is 11.5 Å². The molecule has 0 aliphatic carbocycles. The fourth-order valence-electron chi connectivity index (χ4n) is 2.63. The maximum Gasteiger partial charge on any atom is 0.262 e. The van der Waals surface area contributed by atoms with Crippen LogP contribution in [0, 0.1) is 0 Å². The summed E-state index contributed by atoms with van der Waals surface area (Å²) in [5.41, 5.74) is 2.43. The number of methoxy groups -OCH3 is 1. The van der Waals surface area contributed by atoms with Gasteiger partial charge >= 0.3 is 0 Å². The molecule has 6 nitrogen and oxygen atoms in total. The minimum atomic E-state index is -0.279. The summed E-state index contributed by atoms with van der Waals surface area (Å²) in [6, 6.07) is 12.6. The molecule has 0 bridgehead atoms. The Morgan fingerprint density at radius 2 is 1.96 bits per heavy atom. The minimum Gasteiger partial charge on any atom is -0.493 e. The molecule has 1 aliphatic heterocycles. The third-order valence-corrected chi connectivity index (χ3v) is 3.87. The minimum absolute atomic E-state index is 0.0491. The molecule has 0 unspecified atom stereocenters. The van der Waals surface area contributed by atoms with Gasteiger partial charge in [0.25, 0.3) is 5.91 Å². The molecule has 1 N–H and O–H groups in total. The lowest BCUT2D eigenvalue weighted by Gasteiger charge is -2.12. The standard InChI is InChI=1S/C18H18N2O4/c1-20-14-8-7-13(9-12(14)10-18(20)22)19-17(21)11-24-16-6-4-3-5-15(16)23-2/h3-9H,10-11H2,1-2H3,(H,19,21). The van der Waals surface area contributed by atoms with Gasteiger partial charge in [-0.3, -0.25) is 9.59 Å². The molecule has 2 aromatic rings. The average molecular weight is 326 g/mol. The first-order valence-electron chi connectivity index (χ1n) is 7.53. The molecular formula is C18H18N2O4. The Kier molecular flexibility index (Phi) is 4.37. The van der Waals surface area contributed by atoms with Crippen LogP contribution in [-0.4, -0.2) is 32.6 Å². The molecule has 0 saturated carbocycles. The lowest BCUT2D eigenvalue weighted by molar-refractivity contribution is -0.118. The summed E-state index contributed by atoms with van der Waals surface area (Å²) in [5, 5.41) is 2.77. The summed E-state index contributed by atoms with van der Waals surface area (Å²) >= 11 is 0. The number of amides is 2. The first-order chi connectivity index (χ1) is 11.6. The van der Waals surface area contributed by atoms with Gasteiger partial charge in [0.15, 0.2) is 18.1 Å². The van der Waals surface area contributed by atoms with Crippen molar-refractivity contribution in [1.82, 2.24) is 0 Å². The normalized spacial score (nSPS) is 12.8. The number of nitrogens with one attached hydrogen (secondary N) is 1. The predicted molar refractivity (Wildman–Crippen MR) is 90.7 cm³/mol. The zero-order chi connectivity index (χ0) is 17.1. The summed E-state index contributed by atoms with van der Waals surface area (Å²) in [7, 11) is 3.29. The van der Waals surface area contributed by atoms with Crippen LogP contribution in [0.4, 0.5) is 11.4 Å². The number of para-hydroxylation sites is 2. The van der Waals surface area contributed by atoms with E-state index >= 15 is 0 Å². The molecule has 0 atom stereocenters. The van der Waals surface area contributed by atoms with Crippen molar-refractivity contribution in [1.29, 1.82) is 0 Å². The molecule has 0 spiro atoms. The summed E-state index contributed by atoms with van der Waals surface area (Å²) in [5.74, 6) is 0.854. The molecule has 0 fully saturated rings. The lowest BCUT2D eigenvalue weighted by atomic mass is 10.1. The van der Waals surface area contributed by atoms with E-state index in [-0.39, 0.29) is 18.4 Å². The molecular weight excluding hydrogens is 308 g/mol. The van der Waals surface area contributed by atoms with Gasteiger partial charge in [0.1, 0.15) is 0 Å². The van der Waals surface area contributed by atoms with Crippen molar-refractivity contribution in [3.05, 3.63) is 48.0 Å². The largest absolute Gasteiger partial charge is 0.493 e. The number of carbonyl (C=O) groups is 2. The number of likely N-dealkylation sites (N-methyl/N-ethyl adjacent to an activating group) is 1. The number of benzene rings is 2. The smallest absolute Gasteiger partial charge is 0.262 e. The zero-order valence-electron chi connectivity index (χ0n) is 13.5. The first-order valence-corrected chi connectivity index (χ1v) is 7.53. The van der Waals surface area contributed by atoms with E-state index in [2.05, 4.69) is 5.32 Å². The number of rotatable bonds is 5. The van der Waals surface area contributed by atoms with E-state index in [0.717, 1.165) is 11.3 Å². The number of hydrogen-bond donors (Lipinski definition) is 1. The Morgan fingerprint density at radius 1 is 1.21 bits per heavy atom. The second-order valence-electron chi connectivity index (χ2n) is 5.46. The van der Waals surface area contributed by atoms with Crippen LogP contribution in [0.3, 0.4) is 0 Å². The van der Waals surface area contributed by atoms with Crippen LogP contribution in [-0.2, 0) is 16.0 Å². The van der Waals surface area contributed by atoms with E-state index < -0.39 is 0 Å². The fraction of sp³-hybridized carbons (Fsp3) is 0.222. The van der Waals surface area contributed by atoms with E-state index in [1.165, 1.54) is 0 Å². The van der Waals surface area contributed by atoms with E-state index in [1.54, 1.807) is 37.3 Å². The quantitative estimate of drug-likeness (QED) is 0.915. The third kappa shape index (κ3) is 3.17. The van der Waals surface area contributed by atoms with Gasteiger partial charge in [-0.15, -0.1) is 0 Å². The van der Waals surface area contributed by atoms with Crippen LogP contribution in [0.1, 0.15) is 5.56 Å². The van der Waals surface area contributed by atoms with Crippen LogP contribution >= 0.6 is 0 Å². The van der Waals surface area contributed by atoms with Crippen LogP contribution < -0.4 is 19.7 Å². The zero-order valence-corrected chi connectivity index (χ0v) is 13.5. The first kappa shape index (κ1) is 15.9. The van der Waals surface area contributed by atoms with Crippen molar-refractivity contribution < 1.29 is 19.1 Å². The highest BCUT2D eigenvalue weighted by atomic mass is 16.5. The summed E-state index contributed by atoms with van der Waals surface area (Å²) in [4.78, 5) is 25.4. The van der Waals surface area contributed by atoms with E-state index in [0.29, 0.717) is 23.6 Å². The number of nitrogens with zero attached hydrogens (tertiary/aromatic N) is 1. The van der Waals surface area contributed by atoms with E-state index in [1.807, 2.05) is 24.3 Å². The molecule has 124 valence electrons. The predicted octanol–water partition coefficient (Wildman–Crippen LogP) is 2.23. The number of fused-ring (bicyclic) bond motifs is 1. The van der Waals surface area contributed by atoms with Crippen molar-refractivity contribution >= 4 is 23.2 Å². The third-order valence-electron chi connectivity index (χ3n) is 3.87. The number of carbonyl (C=O) groups excluding carboxylic acids is 2. The van der Waals surface area contributed by atoms with Gasteiger partial charge in [-0.1, -0.05) is 12.1 Å². The highest BCUT2D eigenvalue weighted by Gasteiger charge is 2.24. The topological polar surface area (TPSA) is 67.9 Å². The molecule has 0 aromatic heterocycles. The molecule has 2 amide bonds. The second kappa shape index (κ2) is 6.62. The summed E-state index contributed by atoms with van der Waals surface area (Å²) in [6.07, 6.45) is 0.354. The Hall–Kier alpha value is -3.02. The highest BCUT2D eigenvalue weighted by Crippen LogP contribution is 2.30. The lowest BCUT2D eigenvalue weighted by Crippen LogP contribution is -2.20. The highest BCUT2D eigenvalue weighted by molar-refractivity contribution is 6.02. The van der Waals surface area contributed by atoms with Crippen LogP contribution in [0.2, 0.25) is 0 Å². The second-order valence-corrected chi connectivity index (χ2v) is 5.46. The molecule has 1 aliphatic rings. The molecule has 24 heavy (non-hydrogen) atoms. The maximum absolute atomic E-state index is 12.1. The molecule has 2 aromatic carbocycles. The van der Waals surface area contributed by atoms with E-state index in [9.17, 15) is 9.59 Å². The Morgan fingerprint density at radius 3 is 2.71 bits per heavy atom. The Balaban J connectivity index is 1.62. The Labute approximate surface area is 140 Å². The van der Waals surface area contributed by atoms with Crippen molar-refractivity contribution in [3.8, 4) is 11.5 Å². The monoisotopic (exact) mass is 326 g/mol. The van der Waals surface area contributed by atoms with Gasteiger partial charge in [0.05, 0.1) is 13.5 Å². The van der Waals surface area contributed by atoms with Crippen LogP contribution in [0.25, 0.3) is 0 Å². The van der Waals surface area contributed by atoms with Crippen molar-refractivity contribution in [3.63, 3.8) is 0 Å². The SMILES string of the molecule is COc1ccccc1OCC(=O)Nc1ccc2c(c1)CC(=O)N2C. The molecule has 6 heteroatoms. The van der Waals surface area contributed by atoms with Gasteiger partial charge in [-0.25, -0.2) is 0 Å². The van der Waals surface area contributed by atoms with Crippen molar-refractivity contribution in [2.75, 3.05) is 31.0 Å². The average Bonchev–Trinajstić information content (AvgIpc) is 2.87. The molecule has 0 saturated heterocycles. The maximum atomic E-state index is 12.1. The number of ether oxygens (including phenoxy) is 2. The molecule has 0 radical (unpaired) electrons. The van der Waals surface area contributed by atoms with Crippen molar-refractivity contribution in [2.24, 2.45) is 0 Å². The van der Waals surface area contributed by atoms with E-state index in [4.69, 9.17) is 9.47 Å². The van der Waals surface area contributed by atoms with Crippen LogP contribution in [0.15, 0.2) is 42.5 Å². The Bertz CT molecular complexity index is 788. The number of hydrogen-bond acceptors (Lipinski definition) is 4. The molecule has 3 rings (SSSR count). The van der Waals surface area contributed by atoms with Gasteiger partial charge in [0, 0.05) is 18.4 Å². The van der Waals surface area contributed by atoms with Gasteiger partial charge in [-0.05, 0) is 35.9 Å². The van der Waals surface area contributed by atoms with Crippen molar-refractivity contribution in [2.45, 2.75) is 6.42 Å². The summed E-state index contributed by atoms with van der Waals surface area (Å²) in [6.45, 7) is -0.129. The number of anilines is 2. The van der Waals surface area contributed by atoms with Gasteiger partial charge in [0.2, 0.25) is 5.91 Å². The summed E-state index contributed by atoms with van der Waals surface area (Å²) < 4.78 is 10.7. The fourth-order valence-corrected chi connectivity index (χ4v) is 2.63. The van der Waals surface area contributed by atoms with Gasteiger partial charge < -0.3 is 19.7 Å². The molecule has 1 heterocycles. The van der Waals surface area contributed by atoms with Gasteiger partial charge in [-0.2, -0.15) is 0 Å².